The summed E-state index contributed by atoms with van der Waals surface area (Å²) < 4.78 is 7.38. The van der Waals surface area contributed by atoms with Crippen LogP contribution in [-0.2, 0) is 22.4 Å². The van der Waals surface area contributed by atoms with E-state index in [0.717, 1.165) is 52.0 Å². The van der Waals surface area contributed by atoms with Gasteiger partial charge in [-0.05, 0) is 85.4 Å². The first kappa shape index (κ1) is 33.4. The Balaban J connectivity index is 1.09. The summed E-state index contributed by atoms with van der Waals surface area (Å²) >= 11 is 1.59. The van der Waals surface area contributed by atoms with E-state index in [0.29, 0.717) is 48.5 Å². The third-order valence-electron chi connectivity index (χ3n) is 9.39. The minimum atomic E-state index is -0.462. The molecule has 4 aromatic rings. The van der Waals surface area contributed by atoms with Crippen LogP contribution in [0.1, 0.15) is 51.2 Å². The van der Waals surface area contributed by atoms with E-state index in [1.165, 1.54) is 12.5 Å². The molecule has 3 aromatic heterocycles. The fourth-order valence-electron chi connectivity index (χ4n) is 6.61. The van der Waals surface area contributed by atoms with Gasteiger partial charge >= 0.3 is 6.03 Å². The zero-order chi connectivity index (χ0) is 33.8. The quantitative estimate of drug-likeness (QED) is 0.174. The molecule has 0 radical (unpaired) electrons. The summed E-state index contributed by atoms with van der Waals surface area (Å²) in [5, 5.41) is 17.8. The van der Waals surface area contributed by atoms with Crippen LogP contribution in [0.4, 0.5) is 10.5 Å². The highest BCUT2D eigenvalue weighted by Crippen LogP contribution is 2.40. The van der Waals surface area contributed by atoms with E-state index in [1.54, 1.807) is 22.4 Å². The van der Waals surface area contributed by atoms with Crippen LogP contribution in [0, 0.1) is 11.8 Å². The number of pyridine rings is 2. The summed E-state index contributed by atoms with van der Waals surface area (Å²) in [5.41, 5.74) is 4.54. The molecule has 1 aliphatic carbocycles. The van der Waals surface area contributed by atoms with Crippen LogP contribution >= 0.6 is 11.3 Å². The molecule has 1 aromatic carbocycles. The largest absolute Gasteiger partial charge is 0.455 e. The molecular weight excluding hydrogens is 629 g/mol. The first-order chi connectivity index (χ1) is 23.2. The van der Waals surface area contributed by atoms with Gasteiger partial charge in [0.1, 0.15) is 18.1 Å². The van der Waals surface area contributed by atoms with Crippen molar-refractivity contribution >= 4 is 45.1 Å². The minimum absolute atomic E-state index is 0.0123. The van der Waals surface area contributed by atoms with Gasteiger partial charge in [-0.25, -0.2) is 4.79 Å². The Kier molecular flexibility index (Phi) is 10.2. The number of likely N-dealkylation sites (tertiary alicyclic amines) is 1. The third kappa shape index (κ3) is 7.77. The highest BCUT2D eigenvalue weighted by molar-refractivity contribution is 7.22. The van der Waals surface area contributed by atoms with E-state index in [4.69, 9.17) is 14.8 Å². The number of amides is 4. The number of benzene rings is 1. The molecule has 1 aliphatic heterocycles. The van der Waals surface area contributed by atoms with E-state index in [-0.39, 0.29) is 29.9 Å². The lowest BCUT2D eigenvalue weighted by atomic mass is 9.75. The molecule has 6 rings (SSSR count). The summed E-state index contributed by atoms with van der Waals surface area (Å²) in [6.45, 7) is 6.40. The maximum atomic E-state index is 12.5. The predicted molar refractivity (Wildman–Crippen MR) is 186 cm³/mol. The van der Waals surface area contributed by atoms with E-state index >= 15 is 0 Å². The number of aliphatic hydroxyl groups excluding tert-OH is 1. The van der Waals surface area contributed by atoms with Crippen LogP contribution in [0.15, 0.2) is 54.9 Å². The number of thiophene rings is 1. The van der Waals surface area contributed by atoms with Gasteiger partial charge in [-0.2, -0.15) is 0 Å². The van der Waals surface area contributed by atoms with Gasteiger partial charge in [-0.3, -0.25) is 19.6 Å². The lowest BCUT2D eigenvalue weighted by Gasteiger charge is -2.38. The first-order valence-electron chi connectivity index (χ1n) is 16.6. The second-order valence-electron chi connectivity index (χ2n) is 12.9. The highest BCUT2D eigenvalue weighted by Gasteiger charge is 2.30. The molecule has 0 spiro atoms. The molecule has 12 heteroatoms. The van der Waals surface area contributed by atoms with Gasteiger partial charge in [-0.1, -0.05) is 19.9 Å². The van der Waals surface area contributed by atoms with Crippen LogP contribution in [0.3, 0.4) is 0 Å². The van der Waals surface area contributed by atoms with Crippen molar-refractivity contribution in [3.05, 3.63) is 66.0 Å². The SMILES string of the molecule is CCc1cc(NC(=O)NC2CN(C(C)=O)C2)ccc1Oc1ccnc2cc(-c3ccc(CC4CCC(NC(=O)CO)CC4C)cn3)sc12. The molecule has 1 saturated carbocycles. The fraction of sp³-hybridized carbons (Fsp3) is 0.417. The number of hydrogen-bond acceptors (Lipinski definition) is 8. The lowest BCUT2D eigenvalue weighted by Crippen LogP contribution is -2.61. The number of nitrogens with one attached hydrogen (secondary N) is 3. The Bertz CT molecular complexity index is 1790. The number of ether oxygens (including phenoxy) is 1. The van der Waals surface area contributed by atoms with E-state index in [9.17, 15) is 14.4 Å². The Morgan fingerprint density at radius 2 is 1.85 bits per heavy atom. The Labute approximate surface area is 284 Å². The molecule has 1 saturated heterocycles. The topological polar surface area (TPSA) is 146 Å². The molecule has 4 amide bonds. The number of urea groups is 1. The zero-order valence-corrected chi connectivity index (χ0v) is 28.3. The van der Waals surface area contributed by atoms with E-state index < -0.39 is 6.61 Å². The molecule has 4 heterocycles. The molecule has 3 unspecified atom stereocenters. The lowest BCUT2D eigenvalue weighted by molar-refractivity contribution is -0.133. The van der Waals surface area contributed by atoms with Crippen molar-refractivity contribution in [2.75, 3.05) is 25.0 Å². The number of aliphatic hydroxyl groups is 1. The summed E-state index contributed by atoms with van der Waals surface area (Å²) in [6.07, 6.45) is 8.24. The molecule has 4 N–H and O–H groups in total. The van der Waals surface area contributed by atoms with Crippen LogP contribution in [0.2, 0.25) is 0 Å². The number of aryl methyl sites for hydroxylation is 1. The van der Waals surface area contributed by atoms with E-state index in [1.807, 2.05) is 43.5 Å². The van der Waals surface area contributed by atoms with Gasteiger partial charge in [0.15, 0.2) is 0 Å². The van der Waals surface area contributed by atoms with Gasteiger partial charge in [-0.15, -0.1) is 11.3 Å². The highest BCUT2D eigenvalue weighted by atomic mass is 32.1. The number of aromatic nitrogens is 2. The van der Waals surface area contributed by atoms with Crippen molar-refractivity contribution in [1.29, 1.82) is 0 Å². The van der Waals surface area contributed by atoms with Crippen LogP contribution in [0.5, 0.6) is 11.5 Å². The fourth-order valence-corrected chi connectivity index (χ4v) is 7.66. The monoisotopic (exact) mass is 670 g/mol. The zero-order valence-electron chi connectivity index (χ0n) is 27.5. The average molecular weight is 671 g/mol. The maximum absolute atomic E-state index is 12.5. The molecule has 2 aliphatic rings. The number of carbonyl (C=O) groups excluding carboxylic acids is 3. The normalized spacial score (nSPS) is 19.4. The number of anilines is 1. The van der Waals surface area contributed by atoms with E-state index in [2.05, 4.69) is 40.0 Å². The van der Waals surface area contributed by atoms with Crippen molar-refractivity contribution in [1.82, 2.24) is 25.5 Å². The number of hydrogen-bond donors (Lipinski definition) is 4. The molecule has 0 bridgehead atoms. The summed E-state index contributed by atoms with van der Waals surface area (Å²) in [7, 11) is 0. The Morgan fingerprint density at radius 1 is 1.02 bits per heavy atom. The van der Waals surface area contributed by atoms with Crippen molar-refractivity contribution in [3.63, 3.8) is 0 Å². The number of nitrogens with zero attached hydrogens (tertiary/aromatic N) is 3. The summed E-state index contributed by atoms with van der Waals surface area (Å²) in [5.74, 6) is 2.12. The second kappa shape index (κ2) is 14.7. The van der Waals surface area contributed by atoms with Gasteiger partial charge in [0.2, 0.25) is 11.8 Å². The van der Waals surface area contributed by atoms with Crippen molar-refractivity contribution in [3.8, 4) is 22.1 Å². The van der Waals surface area contributed by atoms with Crippen molar-refractivity contribution in [2.45, 2.75) is 65.0 Å². The van der Waals surface area contributed by atoms with Gasteiger partial charge in [0.25, 0.3) is 0 Å². The summed E-state index contributed by atoms with van der Waals surface area (Å²) in [6, 6.07) is 13.5. The Hall–Kier alpha value is -4.55. The standard InChI is InChI=1S/C36H42N6O5S/c1-4-24-15-27(40-36(46)41-28-18-42(19-28)22(3)44)8-10-31(24)47-32-11-12-37-30-16-33(48-35(30)32)29-9-5-23(17-38-29)14-25-6-7-26(13-21(25)2)39-34(45)20-43/h5,8-12,15-17,21,25-26,28,43H,4,6-7,13-14,18-20H2,1-3H3,(H,39,45)(H2,40,41,46). The van der Waals surface area contributed by atoms with Crippen molar-refractivity contribution in [2.24, 2.45) is 11.8 Å². The van der Waals surface area contributed by atoms with Crippen LogP contribution in [0.25, 0.3) is 20.8 Å². The molecular formula is C36H42N6O5S. The molecule has 48 heavy (non-hydrogen) atoms. The van der Waals surface area contributed by atoms with Gasteiger partial charge in [0, 0.05) is 50.2 Å². The number of fused-ring (bicyclic) bond motifs is 1. The second-order valence-corrected chi connectivity index (χ2v) is 13.9. The summed E-state index contributed by atoms with van der Waals surface area (Å²) in [4.78, 5) is 47.6. The maximum Gasteiger partial charge on any atom is 0.319 e. The predicted octanol–water partition coefficient (Wildman–Crippen LogP) is 5.52. The molecule has 2 fully saturated rings. The molecule has 3 atom stereocenters. The Morgan fingerprint density at radius 3 is 2.56 bits per heavy atom. The number of rotatable bonds is 10. The van der Waals surface area contributed by atoms with Gasteiger partial charge < -0.3 is 30.7 Å². The van der Waals surface area contributed by atoms with Crippen molar-refractivity contribution < 1.29 is 24.2 Å². The van der Waals surface area contributed by atoms with Crippen LogP contribution in [-0.4, -0.2) is 69.6 Å². The number of carbonyl (C=O) groups is 3. The van der Waals surface area contributed by atoms with Crippen LogP contribution < -0.4 is 20.7 Å². The molecule has 11 nitrogen and oxygen atoms in total. The first-order valence-corrected chi connectivity index (χ1v) is 17.4. The smallest absolute Gasteiger partial charge is 0.319 e. The van der Waals surface area contributed by atoms with Gasteiger partial charge in [0.05, 0.1) is 26.8 Å². The third-order valence-corrected chi connectivity index (χ3v) is 10.5. The molecule has 252 valence electrons. The average Bonchev–Trinajstić information content (AvgIpc) is 3.50. The minimum Gasteiger partial charge on any atom is -0.455 e.